The molecule has 142 valence electrons. The van der Waals surface area contributed by atoms with Gasteiger partial charge in [-0.05, 0) is 35.6 Å². The van der Waals surface area contributed by atoms with Crippen LogP contribution in [0.15, 0.2) is 59.1 Å². The van der Waals surface area contributed by atoms with Crippen molar-refractivity contribution in [1.29, 1.82) is 0 Å². The Balaban J connectivity index is 1.73. The highest BCUT2D eigenvalue weighted by atomic mass is 79.9. The third-order valence-electron chi connectivity index (χ3n) is 5.01. The minimum absolute atomic E-state index is 0.0205. The number of carbonyl (C=O) groups excluding carboxylic acids is 2. The molecule has 1 aliphatic rings. The minimum atomic E-state index is -0.356. The maximum absolute atomic E-state index is 13.2. The Hall–Kier alpha value is -2.14. The summed E-state index contributed by atoms with van der Waals surface area (Å²) in [7, 11) is 1.38. The van der Waals surface area contributed by atoms with Crippen molar-refractivity contribution < 1.29 is 14.3 Å². The molecule has 0 saturated heterocycles. The summed E-state index contributed by atoms with van der Waals surface area (Å²) in [5.74, 6) is -0.305. The van der Waals surface area contributed by atoms with Gasteiger partial charge in [-0.3, -0.25) is 9.59 Å². The average molecular weight is 430 g/mol. The fourth-order valence-corrected chi connectivity index (χ4v) is 3.87. The monoisotopic (exact) mass is 429 g/mol. The quantitative estimate of drug-likeness (QED) is 0.613. The Bertz CT molecular complexity index is 808. The van der Waals surface area contributed by atoms with E-state index >= 15 is 0 Å². The Morgan fingerprint density at radius 2 is 1.93 bits per heavy atom. The highest BCUT2D eigenvalue weighted by Gasteiger charge is 2.46. The predicted molar refractivity (Wildman–Crippen MR) is 108 cm³/mol. The van der Waals surface area contributed by atoms with Gasteiger partial charge in [0.05, 0.1) is 13.0 Å². The number of halogens is 1. The van der Waals surface area contributed by atoms with E-state index in [2.05, 4.69) is 28.1 Å². The van der Waals surface area contributed by atoms with Gasteiger partial charge < -0.3 is 9.64 Å². The molecule has 0 bridgehead atoms. The molecule has 1 saturated carbocycles. The van der Waals surface area contributed by atoms with Crippen LogP contribution >= 0.6 is 15.9 Å². The zero-order valence-corrected chi connectivity index (χ0v) is 17.2. The molecule has 0 aliphatic heterocycles. The van der Waals surface area contributed by atoms with E-state index in [9.17, 15) is 9.59 Å². The van der Waals surface area contributed by atoms with Crippen molar-refractivity contribution in [3.8, 4) is 0 Å². The van der Waals surface area contributed by atoms with Crippen molar-refractivity contribution >= 4 is 27.8 Å². The number of nitrogens with zero attached hydrogens (tertiary/aromatic N) is 1. The van der Waals surface area contributed by atoms with Gasteiger partial charge in [0.1, 0.15) is 0 Å². The lowest BCUT2D eigenvalue weighted by Gasteiger charge is -2.25. The first-order chi connectivity index (χ1) is 13.0. The Morgan fingerprint density at radius 3 is 2.59 bits per heavy atom. The Labute approximate surface area is 168 Å². The molecule has 2 aromatic rings. The summed E-state index contributed by atoms with van der Waals surface area (Å²) in [6.07, 6.45) is 0.854. The second kappa shape index (κ2) is 8.70. The number of carbonyl (C=O) groups is 2. The number of ether oxygens (including phenoxy) is 1. The summed E-state index contributed by atoms with van der Waals surface area (Å²) < 4.78 is 5.87. The van der Waals surface area contributed by atoms with E-state index in [1.807, 2.05) is 42.5 Å². The molecular weight excluding hydrogens is 406 g/mol. The molecule has 5 heteroatoms. The fourth-order valence-electron chi connectivity index (χ4n) is 3.45. The number of amides is 1. The summed E-state index contributed by atoms with van der Waals surface area (Å²) >= 11 is 3.50. The van der Waals surface area contributed by atoms with E-state index in [-0.39, 0.29) is 29.6 Å². The lowest BCUT2D eigenvalue weighted by Crippen LogP contribution is -2.38. The zero-order chi connectivity index (χ0) is 19.4. The molecule has 3 rings (SSSR count). The highest BCUT2D eigenvalue weighted by molar-refractivity contribution is 9.10. The third-order valence-corrected chi connectivity index (χ3v) is 5.50. The van der Waals surface area contributed by atoms with Gasteiger partial charge in [0.15, 0.2) is 0 Å². The minimum Gasteiger partial charge on any atom is -0.469 e. The molecule has 1 amide bonds. The molecule has 0 N–H and O–H groups in total. The number of hydrogen-bond donors (Lipinski definition) is 0. The molecule has 0 spiro atoms. The molecule has 4 nitrogen and oxygen atoms in total. The van der Waals surface area contributed by atoms with Gasteiger partial charge in [0.2, 0.25) is 5.91 Å². The summed E-state index contributed by atoms with van der Waals surface area (Å²) in [5, 5.41) is 0. The van der Waals surface area contributed by atoms with E-state index in [1.165, 1.54) is 12.7 Å². The molecule has 0 heterocycles. The fraction of sp³-hybridized carbons (Fsp3) is 0.364. The number of benzene rings is 2. The first-order valence-corrected chi connectivity index (χ1v) is 9.95. The molecule has 0 radical (unpaired) electrons. The van der Waals surface area contributed by atoms with Crippen molar-refractivity contribution in [3.05, 3.63) is 70.2 Å². The number of esters is 1. The second-order valence-corrected chi connectivity index (χ2v) is 8.05. The van der Waals surface area contributed by atoms with Crippen molar-refractivity contribution in [2.45, 2.75) is 25.8 Å². The van der Waals surface area contributed by atoms with Crippen molar-refractivity contribution in [2.75, 3.05) is 13.7 Å². The SMILES string of the molecule is COC(=O)[C@H](C)CN(Cc1ccccc1)C(=O)[C@H]1C[C@@H]1c1cccc(Br)c1. The van der Waals surface area contributed by atoms with Crippen LogP contribution in [0.3, 0.4) is 0 Å². The normalized spacial score (nSPS) is 19.2. The molecule has 0 unspecified atom stereocenters. The highest BCUT2D eigenvalue weighted by Crippen LogP contribution is 2.49. The van der Waals surface area contributed by atoms with Crippen LogP contribution in [0.2, 0.25) is 0 Å². The van der Waals surface area contributed by atoms with E-state index in [0.717, 1.165) is 16.5 Å². The molecule has 0 aromatic heterocycles. The maximum Gasteiger partial charge on any atom is 0.310 e. The Morgan fingerprint density at radius 1 is 1.19 bits per heavy atom. The molecule has 3 atom stereocenters. The maximum atomic E-state index is 13.2. The topological polar surface area (TPSA) is 46.6 Å². The van der Waals surface area contributed by atoms with Gasteiger partial charge in [0, 0.05) is 23.5 Å². The van der Waals surface area contributed by atoms with Crippen LogP contribution in [0.4, 0.5) is 0 Å². The third kappa shape index (κ3) is 4.98. The predicted octanol–water partition coefficient (Wildman–Crippen LogP) is 4.39. The molecular formula is C22H24BrNO3. The van der Waals surface area contributed by atoms with Crippen LogP contribution < -0.4 is 0 Å². The smallest absolute Gasteiger partial charge is 0.310 e. The number of methoxy groups -OCH3 is 1. The first-order valence-electron chi connectivity index (χ1n) is 9.15. The van der Waals surface area contributed by atoms with Gasteiger partial charge in [-0.2, -0.15) is 0 Å². The summed E-state index contributed by atoms with van der Waals surface area (Å²) in [6, 6.07) is 18.0. The largest absolute Gasteiger partial charge is 0.469 e. The lowest BCUT2D eigenvalue weighted by atomic mass is 10.1. The van der Waals surface area contributed by atoms with E-state index in [0.29, 0.717) is 13.1 Å². The van der Waals surface area contributed by atoms with Crippen molar-refractivity contribution in [1.82, 2.24) is 4.90 Å². The van der Waals surface area contributed by atoms with Gasteiger partial charge in [-0.25, -0.2) is 0 Å². The van der Waals surface area contributed by atoms with E-state index < -0.39 is 0 Å². The van der Waals surface area contributed by atoms with Crippen molar-refractivity contribution in [2.24, 2.45) is 11.8 Å². The van der Waals surface area contributed by atoms with Gasteiger partial charge >= 0.3 is 5.97 Å². The van der Waals surface area contributed by atoms with Crippen LogP contribution in [-0.2, 0) is 20.9 Å². The molecule has 1 fully saturated rings. The van der Waals surface area contributed by atoms with E-state index in [1.54, 1.807) is 11.8 Å². The average Bonchev–Trinajstić information content (AvgIpc) is 3.48. The van der Waals surface area contributed by atoms with Crippen LogP contribution in [0.1, 0.15) is 30.4 Å². The number of hydrogen-bond acceptors (Lipinski definition) is 3. The van der Waals surface area contributed by atoms with Crippen molar-refractivity contribution in [3.63, 3.8) is 0 Å². The molecule has 1 aliphatic carbocycles. The zero-order valence-electron chi connectivity index (χ0n) is 15.6. The van der Waals surface area contributed by atoms with Gasteiger partial charge in [0.25, 0.3) is 0 Å². The van der Waals surface area contributed by atoms with E-state index in [4.69, 9.17) is 4.74 Å². The van der Waals surface area contributed by atoms with Crippen LogP contribution in [0, 0.1) is 11.8 Å². The van der Waals surface area contributed by atoms with Crippen LogP contribution in [0.25, 0.3) is 0 Å². The number of rotatable bonds is 7. The summed E-state index contributed by atoms with van der Waals surface area (Å²) in [5.41, 5.74) is 2.24. The second-order valence-electron chi connectivity index (χ2n) is 7.13. The van der Waals surface area contributed by atoms with Crippen LogP contribution in [-0.4, -0.2) is 30.4 Å². The summed E-state index contributed by atoms with van der Waals surface area (Å²) in [6.45, 7) is 2.67. The summed E-state index contributed by atoms with van der Waals surface area (Å²) in [4.78, 5) is 26.9. The van der Waals surface area contributed by atoms with Gasteiger partial charge in [-0.15, -0.1) is 0 Å². The van der Waals surface area contributed by atoms with Crippen LogP contribution in [0.5, 0.6) is 0 Å². The van der Waals surface area contributed by atoms with Gasteiger partial charge in [-0.1, -0.05) is 65.3 Å². The standard InChI is InChI=1S/C22H24BrNO3/c1-15(22(26)27-2)13-24(14-16-7-4-3-5-8-16)21(25)20-12-19(20)17-9-6-10-18(23)11-17/h3-11,15,19-20H,12-14H2,1-2H3/t15-,19-,20+/m1/s1. The lowest BCUT2D eigenvalue weighted by molar-refractivity contribution is -0.146. The molecule has 27 heavy (non-hydrogen) atoms. The Kier molecular flexibility index (Phi) is 6.32. The molecule has 2 aromatic carbocycles. The first kappa shape index (κ1) is 19.6.